The van der Waals surface area contributed by atoms with Gasteiger partial charge in [-0.3, -0.25) is 4.68 Å². The van der Waals surface area contributed by atoms with Crippen molar-refractivity contribution in [1.29, 1.82) is 0 Å². The van der Waals surface area contributed by atoms with Gasteiger partial charge in [-0.15, -0.1) is 0 Å². The largest absolute Gasteiger partial charge is 0.377 e. The molecule has 1 aliphatic rings. The van der Waals surface area contributed by atoms with Crippen LogP contribution < -0.4 is 5.32 Å². The van der Waals surface area contributed by atoms with E-state index in [0.29, 0.717) is 12.1 Å². The molecule has 0 amide bonds. The number of hydrogen-bond acceptors (Lipinski definition) is 3. The summed E-state index contributed by atoms with van der Waals surface area (Å²) in [6.07, 6.45) is 1.99. The number of ether oxygens (including phenoxy) is 1. The predicted molar refractivity (Wildman–Crippen MR) is 50.8 cm³/mol. The zero-order valence-electron chi connectivity index (χ0n) is 8.03. The van der Waals surface area contributed by atoms with Crippen LogP contribution >= 0.6 is 0 Å². The highest BCUT2D eigenvalue weighted by Crippen LogP contribution is 2.12. The van der Waals surface area contributed by atoms with Gasteiger partial charge in [-0.25, -0.2) is 0 Å². The minimum Gasteiger partial charge on any atom is -0.377 e. The van der Waals surface area contributed by atoms with Gasteiger partial charge >= 0.3 is 0 Å². The second kappa shape index (κ2) is 3.38. The lowest BCUT2D eigenvalue weighted by atomic mass is 10.2. The summed E-state index contributed by atoms with van der Waals surface area (Å²) in [6, 6.07) is 2.88. The van der Waals surface area contributed by atoms with Crippen LogP contribution in [0.1, 0.15) is 19.9 Å². The van der Waals surface area contributed by atoms with E-state index in [1.807, 2.05) is 16.9 Å². The molecule has 0 atom stereocenters. The molecule has 1 aliphatic heterocycles. The van der Waals surface area contributed by atoms with Crippen molar-refractivity contribution in [3.63, 3.8) is 0 Å². The minimum atomic E-state index is 0.424. The maximum atomic E-state index is 5.06. The molecule has 1 N–H and O–H groups in total. The van der Waals surface area contributed by atoms with E-state index in [0.717, 1.165) is 19.0 Å². The third kappa shape index (κ3) is 1.83. The average Bonchev–Trinajstić information content (AvgIpc) is 2.44. The first-order valence-corrected chi connectivity index (χ1v) is 4.65. The van der Waals surface area contributed by atoms with Crippen molar-refractivity contribution in [1.82, 2.24) is 9.78 Å². The fraction of sp³-hybridized carbons (Fsp3) is 0.667. The predicted octanol–water partition coefficient (Wildman–Crippen LogP) is 1.27. The summed E-state index contributed by atoms with van der Waals surface area (Å²) in [4.78, 5) is 0. The standard InChI is InChI=1S/C9H15N3O/c1-7(2)12-4-3-9(11-12)10-8-5-13-6-8/h3-4,7-8H,5-6H2,1-2H3,(H,10,11). The van der Waals surface area contributed by atoms with E-state index in [-0.39, 0.29) is 0 Å². The normalized spacial score (nSPS) is 17.5. The zero-order chi connectivity index (χ0) is 9.26. The lowest BCUT2D eigenvalue weighted by molar-refractivity contribution is 0.0209. The third-order valence-corrected chi connectivity index (χ3v) is 2.13. The van der Waals surface area contributed by atoms with Crippen LogP contribution in [0, 0.1) is 0 Å². The van der Waals surface area contributed by atoms with Crippen LogP contribution in [0.2, 0.25) is 0 Å². The van der Waals surface area contributed by atoms with Gasteiger partial charge in [0.2, 0.25) is 0 Å². The number of anilines is 1. The van der Waals surface area contributed by atoms with Gasteiger partial charge < -0.3 is 10.1 Å². The zero-order valence-corrected chi connectivity index (χ0v) is 8.03. The third-order valence-electron chi connectivity index (χ3n) is 2.13. The molecule has 0 unspecified atom stereocenters. The highest BCUT2D eigenvalue weighted by atomic mass is 16.5. The molecule has 0 aromatic carbocycles. The van der Waals surface area contributed by atoms with Crippen LogP contribution in [0.4, 0.5) is 5.82 Å². The molecule has 0 spiro atoms. The molecule has 2 rings (SSSR count). The van der Waals surface area contributed by atoms with Gasteiger partial charge in [-0.1, -0.05) is 0 Å². The van der Waals surface area contributed by atoms with Gasteiger partial charge in [-0.2, -0.15) is 5.10 Å². The summed E-state index contributed by atoms with van der Waals surface area (Å²) in [5.74, 6) is 0.946. The Hall–Kier alpha value is -1.03. The number of hydrogen-bond donors (Lipinski definition) is 1. The highest BCUT2D eigenvalue weighted by Gasteiger charge is 2.18. The monoisotopic (exact) mass is 181 g/mol. The number of nitrogens with zero attached hydrogens (tertiary/aromatic N) is 2. The first-order chi connectivity index (χ1) is 6.25. The Morgan fingerprint density at radius 1 is 1.62 bits per heavy atom. The van der Waals surface area contributed by atoms with Crippen molar-refractivity contribution < 1.29 is 4.74 Å². The number of nitrogens with one attached hydrogen (secondary N) is 1. The molecule has 2 heterocycles. The van der Waals surface area contributed by atoms with Gasteiger partial charge in [0.15, 0.2) is 0 Å². The van der Waals surface area contributed by atoms with E-state index in [1.165, 1.54) is 0 Å². The summed E-state index contributed by atoms with van der Waals surface area (Å²) in [5, 5.41) is 7.68. The van der Waals surface area contributed by atoms with Crippen molar-refractivity contribution in [2.24, 2.45) is 0 Å². The Kier molecular flexibility index (Phi) is 2.22. The summed E-state index contributed by atoms with van der Waals surface area (Å²) in [5.41, 5.74) is 0. The second-order valence-corrected chi connectivity index (χ2v) is 3.65. The van der Waals surface area contributed by atoms with Gasteiger partial charge in [0.1, 0.15) is 5.82 Å². The maximum Gasteiger partial charge on any atom is 0.148 e. The van der Waals surface area contributed by atoms with E-state index in [9.17, 15) is 0 Å². The molecule has 1 saturated heterocycles. The van der Waals surface area contributed by atoms with Crippen molar-refractivity contribution in [2.45, 2.75) is 25.9 Å². The quantitative estimate of drug-likeness (QED) is 0.763. The smallest absolute Gasteiger partial charge is 0.148 e. The first-order valence-electron chi connectivity index (χ1n) is 4.65. The molecule has 0 saturated carbocycles. The minimum absolute atomic E-state index is 0.424. The Bertz CT molecular complexity index is 278. The van der Waals surface area contributed by atoms with E-state index < -0.39 is 0 Å². The van der Waals surface area contributed by atoms with Crippen LogP contribution in [0.5, 0.6) is 0 Å². The van der Waals surface area contributed by atoms with Crippen LogP contribution in [0.15, 0.2) is 12.3 Å². The maximum absolute atomic E-state index is 5.06. The van der Waals surface area contributed by atoms with Crippen LogP contribution in [0.3, 0.4) is 0 Å². The molecule has 13 heavy (non-hydrogen) atoms. The van der Waals surface area contributed by atoms with E-state index in [2.05, 4.69) is 24.3 Å². The molecular formula is C9H15N3O. The fourth-order valence-corrected chi connectivity index (χ4v) is 1.23. The molecule has 72 valence electrons. The van der Waals surface area contributed by atoms with E-state index in [4.69, 9.17) is 4.74 Å². The Morgan fingerprint density at radius 2 is 2.38 bits per heavy atom. The van der Waals surface area contributed by atoms with E-state index >= 15 is 0 Å². The molecule has 1 aromatic rings. The van der Waals surface area contributed by atoms with Crippen molar-refractivity contribution >= 4 is 5.82 Å². The fourth-order valence-electron chi connectivity index (χ4n) is 1.23. The molecule has 0 aliphatic carbocycles. The number of aromatic nitrogens is 2. The first kappa shape index (κ1) is 8.56. The number of rotatable bonds is 3. The van der Waals surface area contributed by atoms with Crippen molar-refractivity contribution in [2.75, 3.05) is 18.5 Å². The topological polar surface area (TPSA) is 39.1 Å². The Labute approximate surface area is 77.9 Å². The molecule has 4 heteroatoms. The average molecular weight is 181 g/mol. The lowest BCUT2D eigenvalue weighted by Crippen LogP contribution is -2.40. The molecule has 0 radical (unpaired) electrons. The van der Waals surface area contributed by atoms with Gasteiger partial charge in [0.05, 0.1) is 19.3 Å². The van der Waals surface area contributed by atoms with Gasteiger partial charge in [-0.05, 0) is 13.8 Å². The summed E-state index contributed by atoms with van der Waals surface area (Å²) >= 11 is 0. The summed E-state index contributed by atoms with van der Waals surface area (Å²) in [6.45, 7) is 5.83. The van der Waals surface area contributed by atoms with Crippen molar-refractivity contribution in [3.05, 3.63) is 12.3 Å². The highest BCUT2D eigenvalue weighted by molar-refractivity contribution is 5.34. The lowest BCUT2D eigenvalue weighted by Gasteiger charge is -2.26. The molecule has 1 aromatic heterocycles. The summed E-state index contributed by atoms with van der Waals surface area (Å²) in [7, 11) is 0. The van der Waals surface area contributed by atoms with E-state index in [1.54, 1.807) is 0 Å². The Balaban J connectivity index is 1.96. The van der Waals surface area contributed by atoms with Gasteiger partial charge in [0.25, 0.3) is 0 Å². The van der Waals surface area contributed by atoms with Crippen LogP contribution in [-0.2, 0) is 4.74 Å². The molecule has 4 nitrogen and oxygen atoms in total. The van der Waals surface area contributed by atoms with Crippen LogP contribution in [-0.4, -0.2) is 29.0 Å². The van der Waals surface area contributed by atoms with Gasteiger partial charge in [0, 0.05) is 18.3 Å². The Morgan fingerprint density at radius 3 is 2.85 bits per heavy atom. The van der Waals surface area contributed by atoms with Crippen LogP contribution in [0.25, 0.3) is 0 Å². The molecular weight excluding hydrogens is 166 g/mol. The van der Waals surface area contributed by atoms with Crippen molar-refractivity contribution in [3.8, 4) is 0 Å². The summed E-state index contributed by atoms with van der Waals surface area (Å²) < 4.78 is 7.01. The second-order valence-electron chi connectivity index (χ2n) is 3.65. The molecule has 1 fully saturated rings. The molecule has 0 bridgehead atoms. The SMILES string of the molecule is CC(C)n1ccc(NC2COC2)n1.